The Kier molecular flexibility index (Phi) is 6.40. The van der Waals surface area contributed by atoms with Crippen LogP contribution in [-0.2, 0) is 16.1 Å². The standard InChI is InChI=1S/C17H25N3O2/c1-2-18-16(21)17(22)19-12-14-8-10-20(11-9-14)13-15-6-4-3-5-7-15/h3-7,14H,2,8-13H2,1H3,(H,18,21)(H,19,22). The van der Waals surface area contributed by atoms with E-state index in [9.17, 15) is 9.59 Å². The number of hydrogen-bond donors (Lipinski definition) is 2. The number of carbonyl (C=O) groups is 2. The first kappa shape index (κ1) is 16.5. The molecule has 0 atom stereocenters. The molecule has 5 nitrogen and oxygen atoms in total. The fourth-order valence-electron chi connectivity index (χ4n) is 2.75. The number of likely N-dealkylation sites (N-methyl/N-ethyl adjacent to an activating group) is 1. The number of likely N-dealkylation sites (tertiary alicyclic amines) is 1. The van der Waals surface area contributed by atoms with Crippen LogP contribution >= 0.6 is 0 Å². The van der Waals surface area contributed by atoms with Gasteiger partial charge in [-0.15, -0.1) is 0 Å². The van der Waals surface area contributed by atoms with Gasteiger partial charge in [-0.25, -0.2) is 0 Å². The molecule has 0 bridgehead atoms. The molecule has 1 aromatic carbocycles. The Morgan fingerprint density at radius 1 is 1.09 bits per heavy atom. The summed E-state index contributed by atoms with van der Waals surface area (Å²) in [5.74, 6) is -0.594. The quantitative estimate of drug-likeness (QED) is 0.802. The van der Waals surface area contributed by atoms with E-state index in [1.807, 2.05) is 6.07 Å². The second-order valence-corrected chi connectivity index (χ2v) is 5.77. The van der Waals surface area contributed by atoms with Crippen molar-refractivity contribution in [1.82, 2.24) is 15.5 Å². The Bertz CT molecular complexity index is 482. The number of carbonyl (C=O) groups excluding carboxylic acids is 2. The van der Waals surface area contributed by atoms with Crippen molar-refractivity contribution in [2.24, 2.45) is 5.92 Å². The van der Waals surface area contributed by atoms with Crippen molar-refractivity contribution in [3.05, 3.63) is 35.9 Å². The van der Waals surface area contributed by atoms with E-state index in [0.717, 1.165) is 32.5 Å². The van der Waals surface area contributed by atoms with E-state index in [4.69, 9.17) is 0 Å². The highest BCUT2D eigenvalue weighted by molar-refractivity contribution is 6.35. The van der Waals surface area contributed by atoms with Crippen LogP contribution in [0.1, 0.15) is 25.3 Å². The summed E-state index contributed by atoms with van der Waals surface area (Å²) in [7, 11) is 0. The van der Waals surface area contributed by atoms with Crippen LogP contribution in [0, 0.1) is 5.92 Å². The van der Waals surface area contributed by atoms with Crippen LogP contribution in [0.15, 0.2) is 30.3 Å². The van der Waals surface area contributed by atoms with Crippen molar-refractivity contribution >= 4 is 11.8 Å². The van der Waals surface area contributed by atoms with Gasteiger partial charge >= 0.3 is 11.8 Å². The summed E-state index contributed by atoms with van der Waals surface area (Å²) in [6.07, 6.45) is 2.12. The molecule has 1 saturated heterocycles. The minimum absolute atomic E-state index is 0.463. The average molecular weight is 303 g/mol. The Morgan fingerprint density at radius 3 is 2.36 bits per heavy atom. The molecule has 0 unspecified atom stereocenters. The molecular weight excluding hydrogens is 278 g/mol. The van der Waals surface area contributed by atoms with Gasteiger partial charge in [-0.05, 0) is 44.3 Å². The van der Waals surface area contributed by atoms with Gasteiger partial charge in [0.05, 0.1) is 0 Å². The van der Waals surface area contributed by atoms with E-state index in [2.05, 4.69) is 39.8 Å². The van der Waals surface area contributed by atoms with Crippen molar-refractivity contribution in [2.45, 2.75) is 26.3 Å². The minimum Gasteiger partial charge on any atom is -0.348 e. The molecule has 0 aliphatic carbocycles. The molecule has 120 valence electrons. The van der Waals surface area contributed by atoms with Crippen LogP contribution in [-0.4, -0.2) is 42.9 Å². The maximum absolute atomic E-state index is 11.5. The Balaban J connectivity index is 1.67. The average Bonchev–Trinajstić information content (AvgIpc) is 2.55. The van der Waals surface area contributed by atoms with E-state index < -0.39 is 11.8 Å². The highest BCUT2D eigenvalue weighted by atomic mass is 16.2. The molecule has 22 heavy (non-hydrogen) atoms. The van der Waals surface area contributed by atoms with E-state index in [1.165, 1.54) is 5.56 Å². The number of rotatable bonds is 5. The molecule has 2 N–H and O–H groups in total. The first-order valence-corrected chi connectivity index (χ1v) is 8.01. The molecule has 0 radical (unpaired) electrons. The van der Waals surface area contributed by atoms with Crippen LogP contribution in [0.3, 0.4) is 0 Å². The largest absolute Gasteiger partial charge is 0.348 e. The molecule has 2 amide bonds. The van der Waals surface area contributed by atoms with Gasteiger partial charge in [0.2, 0.25) is 0 Å². The number of amides is 2. The molecule has 1 aromatic rings. The SMILES string of the molecule is CCNC(=O)C(=O)NCC1CCN(Cc2ccccc2)CC1. The minimum atomic E-state index is -0.538. The van der Waals surface area contributed by atoms with E-state index in [1.54, 1.807) is 6.92 Å². The third kappa shape index (κ3) is 5.15. The second kappa shape index (κ2) is 8.54. The second-order valence-electron chi connectivity index (χ2n) is 5.77. The predicted molar refractivity (Wildman–Crippen MR) is 86.1 cm³/mol. The first-order valence-electron chi connectivity index (χ1n) is 8.01. The zero-order chi connectivity index (χ0) is 15.8. The van der Waals surface area contributed by atoms with Gasteiger partial charge in [-0.3, -0.25) is 14.5 Å². The summed E-state index contributed by atoms with van der Waals surface area (Å²) >= 11 is 0. The lowest BCUT2D eigenvalue weighted by molar-refractivity contribution is -0.139. The smallest absolute Gasteiger partial charge is 0.309 e. The van der Waals surface area contributed by atoms with E-state index in [-0.39, 0.29) is 0 Å². The van der Waals surface area contributed by atoms with Gasteiger partial charge in [0.1, 0.15) is 0 Å². The zero-order valence-corrected chi connectivity index (χ0v) is 13.2. The van der Waals surface area contributed by atoms with Crippen molar-refractivity contribution in [3.8, 4) is 0 Å². The highest BCUT2D eigenvalue weighted by Crippen LogP contribution is 2.18. The van der Waals surface area contributed by atoms with Crippen LogP contribution in [0.4, 0.5) is 0 Å². The molecule has 1 aliphatic rings. The number of piperidine rings is 1. The number of benzene rings is 1. The van der Waals surface area contributed by atoms with Gasteiger partial charge in [0.15, 0.2) is 0 Å². The fourth-order valence-corrected chi connectivity index (χ4v) is 2.75. The molecule has 0 spiro atoms. The Labute approximate surface area is 132 Å². The van der Waals surface area contributed by atoms with Crippen LogP contribution in [0.5, 0.6) is 0 Å². The van der Waals surface area contributed by atoms with Gasteiger partial charge < -0.3 is 10.6 Å². The van der Waals surface area contributed by atoms with E-state index >= 15 is 0 Å². The summed E-state index contributed by atoms with van der Waals surface area (Å²) in [6, 6.07) is 10.5. The molecule has 0 saturated carbocycles. The maximum Gasteiger partial charge on any atom is 0.309 e. The summed E-state index contributed by atoms with van der Waals surface area (Å²) in [5, 5.41) is 5.24. The number of hydrogen-bond acceptors (Lipinski definition) is 3. The first-order chi connectivity index (χ1) is 10.7. The lowest BCUT2D eigenvalue weighted by Crippen LogP contribution is -2.43. The van der Waals surface area contributed by atoms with Gasteiger partial charge in [0, 0.05) is 19.6 Å². The van der Waals surface area contributed by atoms with E-state index in [0.29, 0.717) is 19.0 Å². The third-order valence-corrected chi connectivity index (χ3v) is 4.05. The molecular formula is C17H25N3O2. The lowest BCUT2D eigenvalue weighted by Gasteiger charge is -2.32. The van der Waals surface area contributed by atoms with Crippen molar-refractivity contribution < 1.29 is 9.59 Å². The maximum atomic E-state index is 11.5. The molecule has 1 aliphatic heterocycles. The number of nitrogens with zero attached hydrogens (tertiary/aromatic N) is 1. The Morgan fingerprint density at radius 2 is 1.73 bits per heavy atom. The molecule has 1 fully saturated rings. The summed E-state index contributed by atoms with van der Waals surface area (Å²) in [4.78, 5) is 25.3. The highest BCUT2D eigenvalue weighted by Gasteiger charge is 2.21. The third-order valence-electron chi connectivity index (χ3n) is 4.05. The normalized spacial score (nSPS) is 16.2. The lowest BCUT2D eigenvalue weighted by atomic mass is 9.96. The van der Waals surface area contributed by atoms with Gasteiger partial charge in [-0.2, -0.15) is 0 Å². The Hall–Kier alpha value is -1.88. The molecule has 1 heterocycles. The predicted octanol–water partition coefficient (Wildman–Crippen LogP) is 1.15. The zero-order valence-electron chi connectivity index (χ0n) is 13.2. The van der Waals surface area contributed by atoms with Gasteiger partial charge in [0.25, 0.3) is 0 Å². The summed E-state index contributed by atoms with van der Waals surface area (Å²) in [6.45, 7) is 5.93. The van der Waals surface area contributed by atoms with Crippen LogP contribution in [0.2, 0.25) is 0 Å². The monoisotopic (exact) mass is 303 g/mol. The van der Waals surface area contributed by atoms with Crippen LogP contribution in [0.25, 0.3) is 0 Å². The van der Waals surface area contributed by atoms with Crippen LogP contribution < -0.4 is 10.6 Å². The molecule has 2 rings (SSSR count). The summed E-state index contributed by atoms with van der Waals surface area (Å²) < 4.78 is 0. The summed E-state index contributed by atoms with van der Waals surface area (Å²) in [5.41, 5.74) is 1.34. The molecule has 5 heteroatoms. The molecule has 0 aromatic heterocycles. The van der Waals surface area contributed by atoms with Crippen molar-refractivity contribution in [2.75, 3.05) is 26.2 Å². The van der Waals surface area contributed by atoms with Gasteiger partial charge in [-0.1, -0.05) is 30.3 Å². The van der Waals surface area contributed by atoms with Crippen molar-refractivity contribution in [3.63, 3.8) is 0 Å². The topological polar surface area (TPSA) is 61.4 Å². The fraction of sp³-hybridized carbons (Fsp3) is 0.529. The van der Waals surface area contributed by atoms with Crippen molar-refractivity contribution in [1.29, 1.82) is 0 Å². The number of nitrogens with one attached hydrogen (secondary N) is 2.